The van der Waals surface area contributed by atoms with Crippen LogP contribution in [0.25, 0.3) is 0 Å². The molecule has 0 heterocycles. The average Bonchev–Trinajstić information content (AvgIpc) is 2.41. The lowest BCUT2D eigenvalue weighted by Crippen LogP contribution is -2.39. The van der Waals surface area contributed by atoms with Crippen molar-refractivity contribution in [2.24, 2.45) is 5.92 Å². The summed E-state index contributed by atoms with van der Waals surface area (Å²) in [6, 6.07) is 4.51. The number of benzene rings is 1. The zero-order chi connectivity index (χ0) is 15.2. The van der Waals surface area contributed by atoms with Gasteiger partial charge in [-0.25, -0.2) is 8.78 Å². The van der Waals surface area contributed by atoms with Gasteiger partial charge in [-0.05, 0) is 62.8 Å². The van der Waals surface area contributed by atoms with Crippen LogP contribution in [0.2, 0.25) is 0 Å². The predicted octanol–water partition coefficient (Wildman–Crippen LogP) is 3.69. The molecule has 4 heteroatoms. The molecule has 1 aliphatic rings. The van der Waals surface area contributed by atoms with E-state index in [9.17, 15) is 8.78 Å². The topological polar surface area (TPSA) is 21.3 Å². The number of ether oxygens (including phenoxy) is 1. The molecule has 1 aromatic rings. The van der Waals surface area contributed by atoms with E-state index in [1.807, 2.05) is 6.92 Å². The molecular weight excluding hydrogens is 272 g/mol. The van der Waals surface area contributed by atoms with Crippen LogP contribution in [0.1, 0.15) is 38.7 Å². The first-order valence-corrected chi connectivity index (χ1v) is 7.91. The highest BCUT2D eigenvalue weighted by molar-refractivity contribution is 5.19. The van der Waals surface area contributed by atoms with Crippen molar-refractivity contribution < 1.29 is 13.5 Å². The fraction of sp³-hybridized carbons (Fsp3) is 0.647. The summed E-state index contributed by atoms with van der Waals surface area (Å²) in [6.45, 7) is 5.76. The van der Waals surface area contributed by atoms with E-state index in [1.165, 1.54) is 12.1 Å². The third kappa shape index (κ3) is 4.75. The molecule has 0 spiro atoms. The molecule has 0 amide bonds. The van der Waals surface area contributed by atoms with Crippen LogP contribution in [0.4, 0.5) is 8.78 Å². The first kappa shape index (κ1) is 16.4. The minimum atomic E-state index is -0.780. The summed E-state index contributed by atoms with van der Waals surface area (Å²) in [5, 5.41) is 3.45. The third-order valence-corrected chi connectivity index (χ3v) is 4.17. The molecule has 1 aliphatic carbocycles. The van der Waals surface area contributed by atoms with Gasteiger partial charge in [-0.1, -0.05) is 13.0 Å². The van der Waals surface area contributed by atoms with Gasteiger partial charge in [0, 0.05) is 12.6 Å². The van der Waals surface area contributed by atoms with Crippen LogP contribution in [0, 0.1) is 17.6 Å². The highest BCUT2D eigenvalue weighted by atomic mass is 19.2. The summed E-state index contributed by atoms with van der Waals surface area (Å²) >= 11 is 0. The Hall–Kier alpha value is -1.00. The fourth-order valence-electron chi connectivity index (χ4n) is 3.12. The molecule has 1 atom stereocenters. The van der Waals surface area contributed by atoms with E-state index in [0.29, 0.717) is 18.1 Å². The Bertz CT molecular complexity index is 446. The van der Waals surface area contributed by atoms with Crippen molar-refractivity contribution in [2.45, 2.75) is 51.7 Å². The van der Waals surface area contributed by atoms with Gasteiger partial charge in [-0.3, -0.25) is 0 Å². The van der Waals surface area contributed by atoms with Crippen LogP contribution in [0.5, 0.6) is 0 Å². The quantitative estimate of drug-likeness (QED) is 0.790. The van der Waals surface area contributed by atoms with E-state index in [4.69, 9.17) is 4.74 Å². The van der Waals surface area contributed by atoms with Gasteiger partial charge in [-0.15, -0.1) is 0 Å². The fourth-order valence-corrected chi connectivity index (χ4v) is 3.12. The second-order valence-electron chi connectivity index (χ2n) is 5.86. The second kappa shape index (κ2) is 7.85. The average molecular weight is 297 g/mol. The number of nitrogens with one attached hydrogen (secondary N) is 1. The second-order valence-corrected chi connectivity index (χ2v) is 5.86. The molecule has 1 aromatic carbocycles. The van der Waals surface area contributed by atoms with Gasteiger partial charge in [0.2, 0.25) is 0 Å². The molecular formula is C17H25F2NO. The Balaban J connectivity index is 1.85. The molecule has 1 fully saturated rings. The Morgan fingerprint density at radius 1 is 1.24 bits per heavy atom. The lowest BCUT2D eigenvalue weighted by atomic mass is 9.77. The Kier molecular flexibility index (Phi) is 6.12. The molecule has 0 aromatic heterocycles. The van der Waals surface area contributed by atoms with Crippen molar-refractivity contribution in [2.75, 3.05) is 13.2 Å². The van der Waals surface area contributed by atoms with Crippen molar-refractivity contribution in [1.29, 1.82) is 0 Å². The molecule has 2 rings (SSSR count). The SMILES string of the molecule is CCNC(Cc1ccc(F)c(F)c1)CC1CC(OCC)C1. The van der Waals surface area contributed by atoms with Crippen molar-refractivity contribution in [3.63, 3.8) is 0 Å². The smallest absolute Gasteiger partial charge is 0.159 e. The summed E-state index contributed by atoms with van der Waals surface area (Å²) in [4.78, 5) is 0. The maximum atomic E-state index is 13.3. The van der Waals surface area contributed by atoms with Crippen LogP contribution in [-0.4, -0.2) is 25.3 Å². The van der Waals surface area contributed by atoms with E-state index in [-0.39, 0.29) is 0 Å². The summed E-state index contributed by atoms with van der Waals surface area (Å²) in [5.41, 5.74) is 0.848. The van der Waals surface area contributed by atoms with E-state index in [2.05, 4.69) is 12.2 Å². The first-order chi connectivity index (χ1) is 10.1. The van der Waals surface area contributed by atoms with Crippen LogP contribution >= 0.6 is 0 Å². The summed E-state index contributed by atoms with van der Waals surface area (Å²) in [7, 11) is 0. The van der Waals surface area contributed by atoms with Gasteiger partial charge < -0.3 is 10.1 Å². The molecule has 2 nitrogen and oxygen atoms in total. The number of hydrogen-bond donors (Lipinski definition) is 1. The minimum absolute atomic E-state index is 0.312. The molecule has 118 valence electrons. The number of rotatable bonds is 8. The van der Waals surface area contributed by atoms with Gasteiger partial charge in [0.05, 0.1) is 6.10 Å². The molecule has 0 radical (unpaired) electrons. The normalized spacial score (nSPS) is 22.9. The van der Waals surface area contributed by atoms with Crippen LogP contribution < -0.4 is 5.32 Å². The summed E-state index contributed by atoms with van der Waals surface area (Å²) in [5.74, 6) is -0.865. The van der Waals surface area contributed by atoms with Crippen LogP contribution in [-0.2, 0) is 11.2 Å². The third-order valence-electron chi connectivity index (χ3n) is 4.17. The lowest BCUT2D eigenvalue weighted by molar-refractivity contribution is -0.0289. The van der Waals surface area contributed by atoms with Crippen LogP contribution in [0.3, 0.4) is 0 Å². The number of hydrogen-bond acceptors (Lipinski definition) is 2. The molecule has 21 heavy (non-hydrogen) atoms. The predicted molar refractivity (Wildman–Crippen MR) is 80.3 cm³/mol. The zero-order valence-electron chi connectivity index (χ0n) is 12.9. The molecule has 1 saturated carbocycles. The molecule has 1 unspecified atom stereocenters. The lowest BCUT2D eigenvalue weighted by Gasteiger charge is -2.37. The van der Waals surface area contributed by atoms with E-state index >= 15 is 0 Å². The Labute approximate surface area is 125 Å². The number of halogens is 2. The Morgan fingerprint density at radius 2 is 2.00 bits per heavy atom. The van der Waals surface area contributed by atoms with Crippen LogP contribution in [0.15, 0.2) is 18.2 Å². The van der Waals surface area contributed by atoms with Gasteiger partial charge in [-0.2, -0.15) is 0 Å². The minimum Gasteiger partial charge on any atom is -0.378 e. The van der Waals surface area contributed by atoms with E-state index in [0.717, 1.165) is 44.4 Å². The van der Waals surface area contributed by atoms with Gasteiger partial charge in [0.25, 0.3) is 0 Å². The monoisotopic (exact) mass is 297 g/mol. The standard InChI is InChI=1S/C17H25F2NO/c1-3-20-14(8-13-9-15(10-13)21-4-2)7-12-5-6-16(18)17(19)11-12/h5-6,11,13-15,20H,3-4,7-10H2,1-2H3. The van der Waals surface area contributed by atoms with E-state index < -0.39 is 11.6 Å². The molecule has 1 N–H and O–H groups in total. The van der Waals surface area contributed by atoms with Gasteiger partial charge in [0.1, 0.15) is 0 Å². The maximum Gasteiger partial charge on any atom is 0.159 e. The molecule has 0 aliphatic heterocycles. The molecule has 0 saturated heterocycles. The van der Waals surface area contributed by atoms with Gasteiger partial charge >= 0.3 is 0 Å². The highest BCUT2D eigenvalue weighted by Gasteiger charge is 2.31. The number of likely N-dealkylation sites (N-methyl/N-ethyl adjacent to an activating group) is 1. The largest absolute Gasteiger partial charge is 0.378 e. The van der Waals surface area contributed by atoms with Crippen molar-refractivity contribution in [3.8, 4) is 0 Å². The summed E-state index contributed by atoms with van der Waals surface area (Å²) in [6.07, 6.45) is 4.46. The van der Waals surface area contributed by atoms with Gasteiger partial charge in [0.15, 0.2) is 11.6 Å². The highest BCUT2D eigenvalue weighted by Crippen LogP contribution is 2.34. The molecule has 0 bridgehead atoms. The summed E-state index contributed by atoms with van der Waals surface area (Å²) < 4.78 is 31.8. The maximum absolute atomic E-state index is 13.3. The van der Waals surface area contributed by atoms with Crippen molar-refractivity contribution in [3.05, 3.63) is 35.4 Å². The van der Waals surface area contributed by atoms with Crippen molar-refractivity contribution in [1.82, 2.24) is 5.32 Å². The van der Waals surface area contributed by atoms with E-state index in [1.54, 1.807) is 6.07 Å². The first-order valence-electron chi connectivity index (χ1n) is 7.91. The zero-order valence-corrected chi connectivity index (χ0v) is 12.9. The van der Waals surface area contributed by atoms with Crippen molar-refractivity contribution >= 4 is 0 Å². The Morgan fingerprint density at radius 3 is 2.62 bits per heavy atom.